The van der Waals surface area contributed by atoms with Gasteiger partial charge in [0.15, 0.2) is 0 Å². The standard InChI is InChI=1S/C14H9ClN4O2/c15-14-17-8-13(19(20)21)12(18-14)6-9-1-2-10-3-4-16-7-11(10)5-9/h1-5,7-8H,6H2. The van der Waals surface area contributed by atoms with Crippen molar-refractivity contribution >= 4 is 28.1 Å². The molecule has 7 heteroatoms. The van der Waals surface area contributed by atoms with Gasteiger partial charge in [-0.05, 0) is 34.7 Å². The van der Waals surface area contributed by atoms with E-state index in [0.717, 1.165) is 22.5 Å². The maximum atomic E-state index is 11.0. The Bertz CT molecular complexity index is 838. The number of hydrogen-bond acceptors (Lipinski definition) is 5. The summed E-state index contributed by atoms with van der Waals surface area (Å²) in [5.74, 6) is 0. The Hall–Kier alpha value is -2.60. The summed E-state index contributed by atoms with van der Waals surface area (Å²) in [4.78, 5) is 22.2. The molecule has 2 aromatic heterocycles. The molecule has 0 radical (unpaired) electrons. The summed E-state index contributed by atoms with van der Waals surface area (Å²) < 4.78 is 0. The van der Waals surface area contributed by atoms with Crippen LogP contribution >= 0.6 is 11.6 Å². The second-order valence-electron chi connectivity index (χ2n) is 4.46. The SMILES string of the molecule is O=[N+]([O-])c1cnc(Cl)nc1Cc1ccc2ccncc2c1. The lowest BCUT2D eigenvalue weighted by Gasteiger charge is -2.04. The first-order valence-electron chi connectivity index (χ1n) is 6.12. The van der Waals surface area contributed by atoms with Gasteiger partial charge >= 0.3 is 5.69 Å². The quantitative estimate of drug-likeness (QED) is 0.421. The molecule has 0 aliphatic rings. The summed E-state index contributed by atoms with van der Waals surface area (Å²) in [6.07, 6.45) is 4.91. The largest absolute Gasteiger partial charge is 0.309 e. The molecule has 21 heavy (non-hydrogen) atoms. The number of hydrogen-bond donors (Lipinski definition) is 0. The molecular weight excluding hydrogens is 292 g/mol. The van der Waals surface area contributed by atoms with Crippen LogP contribution < -0.4 is 0 Å². The summed E-state index contributed by atoms with van der Waals surface area (Å²) in [6.45, 7) is 0. The fourth-order valence-corrected chi connectivity index (χ4v) is 2.26. The number of nitro groups is 1. The average molecular weight is 301 g/mol. The van der Waals surface area contributed by atoms with Crippen molar-refractivity contribution in [2.75, 3.05) is 0 Å². The van der Waals surface area contributed by atoms with Gasteiger partial charge in [0, 0.05) is 24.2 Å². The lowest BCUT2D eigenvalue weighted by Crippen LogP contribution is -2.01. The molecule has 0 N–H and O–H groups in total. The van der Waals surface area contributed by atoms with E-state index in [9.17, 15) is 10.1 Å². The summed E-state index contributed by atoms with van der Waals surface area (Å²) in [6, 6.07) is 7.69. The number of aromatic nitrogens is 3. The van der Waals surface area contributed by atoms with Crippen LogP contribution in [0.15, 0.2) is 42.9 Å². The molecule has 0 saturated carbocycles. The van der Waals surface area contributed by atoms with Gasteiger partial charge in [-0.1, -0.05) is 12.1 Å². The van der Waals surface area contributed by atoms with Crippen LogP contribution in [0.2, 0.25) is 5.28 Å². The van der Waals surface area contributed by atoms with Crippen LogP contribution in [-0.2, 0) is 6.42 Å². The van der Waals surface area contributed by atoms with Crippen LogP contribution in [0.1, 0.15) is 11.3 Å². The Balaban J connectivity index is 2.02. The van der Waals surface area contributed by atoms with Crippen LogP contribution in [0, 0.1) is 10.1 Å². The topological polar surface area (TPSA) is 81.8 Å². The first-order valence-corrected chi connectivity index (χ1v) is 6.50. The van der Waals surface area contributed by atoms with Gasteiger partial charge in [0.1, 0.15) is 11.9 Å². The van der Waals surface area contributed by atoms with E-state index >= 15 is 0 Å². The number of rotatable bonds is 3. The van der Waals surface area contributed by atoms with E-state index in [1.165, 1.54) is 0 Å². The van der Waals surface area contributed by atoms with Crippen molar-refractivity contribution in [3.63, 3.8) is 0 Å². The highest BCUT2D eigenvalue weighted by Gasteiger charge is 2.17. The molecule has 0 saturated heterocycles. The van der Waals surface area contributed by atoms with E-state index in [0.29, 0.717) is 12.1 Å². The zero-order chi connectivity index (χ0) is 14.8. The van der Waals surface area contributed by atoms with Crippen molar-refractivity contribution in [3.8, 4) is 0 Å². The molecule has 3 aromatic rings. The predicted octanol–water partition coefficient (Wildman–Crippen LogP) is 3.18. The Labute approximate surface area is 124 Å². The Morgan fingerprint density at radius 2 is 2.05 bits per heavy atom. The van der Waals surface area contributed by atoms with Crippen molar-refractivity contribution in [2.24, 2.45) is 0 Å². The molecule has 0 amide bonds. The van der Waals surface area contributed by atoms with Crippen LogP contribution in [0.4, 0.5) is 5.69 Å². The summed E-state index contributed by atoms with van der Waals surface area (Å²) >= 11 is 5.73. The number of fused-ring (bicyclic) bond motifs is 1. The maximum absolute atomic E-state index is 11.0. The van der Waals surface area contributed by atoms with Gasteiger partial charge in [0.25, 0.3) is 0 Å². The normalized spacial score (nSPS) is 10.7. The second-order valence-corrected chi connectivity index (χ2v) is 4.80. The third-order valence-electron chi connectivity index (χ3n) is 3.09. The first-order chi connectivity index (χ1) is 10.1. The van der Waals surface area contributed by atoms with Gasteiger partial charge in [-0.3, -0.25) is 15.1 Å². The van der Waals surface area contributed by atoms with Crippen LogP contribution in [0.5, 0.6) is 0 Å². The molecule has 1 aromatic carbocycles. The lowest BCUT2D eigenvalue weighted by molar-refractivity contribution is -0.386. The van der Waals surface area contributed by atoms with Crippen LogP contribution in [-0.4, -0.2) is 19.9 Å². The van der Waals surface area contributed by atoms with Gasteiger partial charge in [0.2, 0.25) is 5.28 Å². The Kier molecular flexibility index (Phi) is 3.45. The highest BCUT2D eigenvalue weighted by molar-refractivity contribution is 6.28. The zero-order valence-corrected chi connectivity index (χ0v) is 11.5. The smallest absolute Gasteiger partial charge is 0.264 e. The number of pyridine rings is 1. The molecule has 0 bridgehead atoms. The molecule has 0 aliphatic heterocycles. The summed E-state index contributed by atoms with van der Waals surface area (Å²) in [5, 5.41) is 13.0. The fourth-order valence-electron chi connectivity index (χ4n) is 2.11. The fraction of sp³-hybridized carbons (Fsp3) is 0.0714. The van der Waals surface area contributed by atoms with Gasteiger partial charge < -0.3 is 0 Å². The summed E-state index contributed by atoms with van der Waals surface area (Å²) in [5.41, 5.74) is 1.06. The van der Waals surface area contributed by atoms with Gasteiger partial charge in [-0.15, -0.1) is 0 Å². The van der Waals surface area contributed by atoms with Gasteiger partial charge in [-0.25, -0.2) is 9.97 Å². The molecule has 0 fully saturated rings. The Morgan fingerprint density at radius 3 is 2.86 bits per heavy atom. The monoisotopic (exact) mass is 300 g/mol. The van der Waals surface area contributed by atoms with E-state index < -0.39 is 4.92 Å². The molecule has 2 heterocycles. The van der Waals surface area contributed by atoms with E-state index in [1.54, 1.807) is 12.4 Å². The predicted molar refractivity (Wildman–Crippen MR) is 78.2 cm³/mol. The van der Waals surface area contributed by atoms with E-state index in [-0.39, 0.29) is 11.0 Å². The minimum absolute atomic E-state index is 0.00180. The third-order valence-corrected chi connectivity index (χ3v) is 3.27. The number of benzene rings is 1. The van der Waals surface area contributed by atoms with Crippen molar-refractivity contribution in [2.45, 2.75) is 6.42 Å². The van der Waals surface area contributed by atoms with E-state index in [1.807, 2.05) is 24.3 Å². The van der Waals surface area contributed by atoms with Crippen molar-refractivity contribution < 1.29 is 4.92 Å². The maximum Gasteiger partial charge on any atom is 0.309 e. The minimum atomic E-state index is -0.506. The summed E-state index contributed by atoms with van der Waals surface area (Å²) in [7, 11) is 0. The van der Waals surface area contributed by atoms with Crippen molar-refractivity contribution in [3.05, 3.63) is 69.5 Å². The number of halogens is 1. The minimum Gasteiger partial charge on any atom is -0.264 e. The van der Waals surface area contributed by atoms with Gasteiger partial charge in [0.05, 0.1) is 4.92 Å². The highest BCUT2D eigenvalue weighted by Crippen LogP contribution is 2.22. The van der Waals surface area contributed by atoms with Crippen LogP contribution in [0.3, 0.4) is 0 Å². The molecule has 104 valence electrons. The lowest BCUT2D eigenvalue weighted by atomic mass is 10.0. The average Bonchev–Trinajstić information content (AvgIpc) is 2.47. The molecule has 0 aliphatic carbocycles. The van der Waals surface area contributed by atoms with Gasteiger partial charge in [-0.2, -0.15) is 0 Å². The molecule has 0 unspecified atom stereocenters. The van der Waals surface area contributed by atoms with E-state index in [2.05, 4.69) is 15.0 Å². The zero-order valence-electron chi connectivity index (χ0n) is 10.7. The second kappa shape index (κ2) is 5.41. The molecular formula is C14H9ClN4O2. The van der Waals surface area contributed by atoms with Crippen molar-refractivity contribution in [1.29, 1.82) is 0 Å². The van der Waals surface area contributed by atoms with E-state index in [4.69, 9.17) is 11.6 Å². The van der Waals surface area contributed by atoms with Crippen LogP contribution in [0.25, 0.3) is 10.8 Å². The highest BCUT2D eigenvalue weighted by atomic mass is 35.5. The number of nitrogens with zero attached hydrogens (tertiary/aromatic N) is 4. The molecule has 6 nitrogen and oxygen atoms in total. The molecule has 3 rings (SSSR count). The Morgan fingerprint density at radius 1 is 1.19 bits per heavy atom. The third kappa shape index (κ3) is 2.80. The molecule has 0 spiro atoms. The first kappa shape index (κ1) is 13.4. The molecule has 0 atom stereocenters. The van der Waals surface area contributed by atoms with Crippen molar-refractivity contribution in [1.82, 2.24) is 15.0 Å².